The summed E-state index contributed by atoms with van der Waals surface area (Å²) in [4.78, 5) is 3.38. The quantitative estimate of drug-likeness (QED) is 0.620. The Balaban J connectivity index is 0.000000562. The molecule has 0 aliphatic heterocycles. The van der Waals surface area contributed by atoms with Gasteiger partial charge < -0.3 is 6.41 Å². The van der Waals surface area contributed by atoms with E-state index in [1.54, 1.807) is 0 Å². The van der Waals surface area contributed by atoms with Gasteiger partial charge in [-0.25, -0.2) is 0 Å². The number of fused-ring (bicyclic) bond motifs is 3. The van der Waals surface area contributed by atoms with Crippen LogP contribution in [0.3, 0.4) is 0 Å². The molecular formula is C12H10CsN. The SMILES string of the molecule is [Cs+].[H-].c1ccc2c(c1)[nH]c1ccccc12. The van der Waals surface area contributed by atoms with Crippen molar-refractivity contribution in [2.45, 2.75) is 0 Å². The van der Waals surface area contributed by atoms with Crippen LogP contribution in [0, 0.1) is 0 Å². The van der Waals surface area contributed by atoms with Crippen molar-refractivity contribution in [2.75, 3.05) is 0 Å². The molecule has 0 saturated heterocycles. The van der Waals surface area contributed by atoms with Crippen molar-refractivity contribution in [3.63, 3.8) is 0 Å². The van der Waals surface area contributed by atoms with Gasteiger partial charge in [0.2, 0.25) is 0 Å². The van der Waals surface area contributed by atoms with E-state index in [-0.39, 0.29) is 70.3 Å². The Morgan fingerprint density at radius 1 is 0.714 bits per heavy atom. The Morgan fingerprint density at radius 3 is 1.64 bits per heavy atom. The van der Waals surface area contributed by atoms with E-state index in [9.17, 15) is 0 Å². The molecule has 1 nitrogen and oxygen atoms in total. The van der Waals surface area contributed by atoms with E-state index in [2.05, 4.69) is 53.5 Å². The number of benzene rings is 2. The first-order valence-corrected chi connectivity index (χ1v) is 4.40. The molecule has 0 spiro atoms. The molecule has 0 unspecified atom stereocenters. The van der Waals surface area contributed by atoms with Crippen molar-refractivity contribution in [3.8, 4) is 0 Å². The van der Waals surface area contributed by atoms with Crippen LogP contribution in [0.5, 0.6) is 0 Å². The first kappa shape index (κ1) is 10.8. The first-order chi connectivity index (χ1) is 6.45. The van der Waals surface area contributed by atoms with E-state index >= 15 is 0 Å². The van der Waals surface area contributed by atoms with Crippen LogP contribution in [0.25, 0.3) is 21.8 Å². The summed E-state index contributed by atoms with van der Waals surface area (Å²) in [6.07, 6.45) is 0. The molecule has 3 aromatic rings. The summed E-state index contributed by atoms with van der Waals surface area (Å²) in [6, 6.07) is 16.8. The Labute approximate surface area is 143 Å². The number of aromatic amines is 1. The molecule has 0 atom stereocenters. The molecule has 0 fully saturated rings. The average molecular weight is 301 g/mol. The molecule has 64 valence electrons. The third-order valence-electron chi connectivity index (χ3n) is 2.41. The molecule has 0 aliphatic rings. The number of hydrogen-bond donors (Lipinski definition) is 1. The van der Waals surface area contributed by atoms with Crippen molar-refractivity contribution in [3.05, 3.63) is 48.5 Å². The van der Waals surface area contributed by atoms with Gasteiger partial charge in [0.25, 0.3) is 0 Å². The second-order valence-corrected chi connectivity index (χ2v) is 3.22. The summed E-state index contributed by atoms with van der Waals surface area (Å²) < 4.78 is 0. The van der Waals surface area contributed by atoms with Gasteiger partial charge in [0.15, 0.2) is 0 Å². The van der Waals surface area contributed by atoms with Gasteiger partial charge in [-0.2, -0.15) is 0 Å². The maximum absolute atomic E-state index is 3.38. The fourth-order valence-corrected chi connectivity index (χ4v) is 1.80. The predicted molar refractivity (Wildman–Crippen MR) is 56.9 cm³/mol. The standard InChI is InChI=1S/C12H9N.Cs.H/c1-3-7-11-9(5-1)10-6-2-4-8-12(10)13-11;;/h1-8,13H;;/q;+1;-1. The third-order valence-corrected chi connectivity index (χ3v) is 2.41. The fourth-order valence-electron chi connectivity index (χ4n) is 1.80. The summed E-state index contributed by atoms with van der Waals surface area (Å²) in [6.45, 7) is 0. The number of rotatable bonds is 0. The van der Waals surface area contributed by atoms with Gasteiger partial charge >= 0.3 is 68.9 Å². The predicted octanol–water partition coefficient (Wildman–Crippen LogP) is 0.438. The van der Waals surface area contributed by atoms with Crippen LogP contribution in [0.1, 0.15) is 1.43 Å². The Hall–Kier alpha value is 0.292. The molecule has 2 heteroatoms. The summed E-state index contributed by atoms with van der Waals surface area (Å²) >= 11 is 0. The van der Waals surface area contributed by atoms with Gasteiger partial charge in [-0.05, 0) is 12.1 Å². The van der Waals surface area contributed by atoms with Crippen molar-refractivity contribution >= 4 is 21.8 Å². The second-order valence-electron chi connectivity index (χ2n) is 3.22. The number of nitrogens with one attached hydrogen (secondary N) is 1. The topological polar surface area (TPSA) is 15.8 Å². The molecule has 0 radical (unpaired) electrons. The number of para-hydroxylation sites is 2. The van der Waals surface area contributed by atoms with Crippen molar-refractivity contribution in [2.24, 2.45) is 0 Å². The Morgan fingerprint density at radius 2 is 1.14 bits per heavy atom. The van der Waals surface area contributed by atoms with Gasteiger partial charge in [-0.15, -0.1) is 0 Å². The van der Waals surface area contributed by atoms with Crippen LogP contribution < -0.4 is 68.9 Å². The van der Waals surface area contributed by atoms with Crippen LogP contribution >= 0.6 is 0 Å². The molecule has 0 bridgehead atoms. The maximum atomic E-state index is 3.38. The zero-order valence-electron chi connectivity index (χ0n) is 9.12. The average Bonchev–Trinajstić information content (AvgIpc) is 2.56. The van der Waals surface area contributed by atoms with Crippen LogP contribution in [0.4, 0.5) is 0 Å². The van der Waals surface area contributed by atoms with Gasteiger partial charge in [-0.1, -0.05) is 36.4 Å². The minimum Gasteiger partial charge on any atom is -1.00 e. The molecule has 14 heavy (non-hydrogen) atoms. The monoisotopic (exact) mass is 301 g/mol. The van der Waals surface area contributed by atoms with Crippen LogP contribution in [0.15, 0.2) is 48.5 Å². The van der Waals surface area contributed by atoms with Crippen molar-refractivity contribution in [1.82, 2.24) is 4.98 Å². The van der Waals surface area contributed by atoms with E-state index in [0.717, 1.165) is 0 Å². The summed E-state index contributed by atoms with van der Waals surface area (Å²) in [5, 5.41) is 2.61. The molecule has 0 aliphatic carbocycles. The van der Waals surface area contributed by atoms with Gasteiger partial charge in [-0.3, -0.25) is 0 Å². The van der Waals surface area contributed by atoms with E-state index < -0.39 is 0 Å². The Bertz CT molecular complexity index is 523. The van der Waals surface area contributed by atoms with E-state index in [1.165, 1.54) is 21.8 Å². The number of aromatic nitrogens is 1. The van der Waals surface area contributed by atoms with Gasteiger partial charge in [0, 0.05) is 21.8 Å². The minimum atomic E-state index is 0. The van der Waals surface area contributed by atoms with Gasteiger partial charge in [0.1, 0.15) is 0 Å². The maximum Gasteiger partial charge on any atom is 1.00 e. The summed E-state index contributed by atoms with van der Waals surface area (Å²) in [5.41, 5.74) is 2.42. The Kier molecular flexibility index (Phi) is 3.42. The molecular weight excluding hydrogens is 291 g/mol. The fraction of sp³-hybridized carbons (Fsp3) is 0. The first-order valence-electron chi connectivity index (χ1n) is 4.40. The van der Waals surface area contributed by atoms with E-state index in [4.69, 9.17) is 0 Å². The van der Waals surface area contributed by atoms with E-state index in [1.807, 2.05) is 0 Å². The van der Waals surface area contributed by atoms with Crippen LogP contribution in [0.2, 0.25) is 0 Å². The molecule has 1 N–H and O–H groups in total. The smallest absolute Gasteiger partial charge is 1.00 e. The zero-order chi connectivity index (χ0) is 8.67. The molecule has 3 rings (SSSR count). The molecule has 0 amide bonds. The summed E-state index contributed by atoms with van der Waals surface area (Å²) in [7, 11) is 0. The molecule has 2 aromatic carbocycles. The largest absolute Gasteiger partial charge is 1.00 e. The van der Waals surface area contributed by atoms with Crippen molar-refractivity contribution in [1.29, 1.82) is 0 Å². The minimum absolute atomic E-state index is 0. The van der Waals surface area contributed by atoms with Crippen molar-refractivity contribution < 1.29 is 70.3 Å². The third kappa shape index (κ3) is 1.71. The van der Waals surface area contributed by atoms with Crippen LogP contribution in [-0.2, 0) is 0 Å². The van der Waals surface area contributed by atoms with E-state index in [0.29, 0.717) is 0 Å². The number of hydrogen-bond acceptors (Lipinski definition) is 0. The molecule has 1 heterocycles. The summed E-state index contributed by atoms with van der Waals surface area (Å²) in [5.74, 6) is 0. The number of H-pyrrole nitrogens is 1. The van der Waals surface area contributed by atoms with Gasteiger partial charge in [0.05, 0.1) is 0 Å². The second kappa shape index (κ2) is 4.43. The molecule has 0 saturated carbocycles. The van der Waals surface area contributed by atoms with Crippen LogP contribution in [-0.4, -0.2) is 4.98 Å². The molecule has 1 aromatic heterocycles. The normalized spacial score (nSPS) is 10.3. The zero-order valence-corrected chi connectivity index (χ0v) is 14.4.